The molecule has 0 amide bonds. The van der Waals surface area contributed by atoms with Crippen LogP contribution in [0.1, 0.15) is 20.3 Å². The Kier molecular flexibility index (Phi) is 2.82. The lowest BCUT2D eigenvalue weighted by Gasteiger charge is -2.21. The molecule has 1 N–H and O–H groups in total. The molecule has 1 heterocycles. The van der Waals surface area contributed by atoms with Crippen LogP contribution in [0.15, 0.2) is 0 Å². The number of aliphatic hydroxyl groups is 1. The van der Waals surface area contributed by atoms with Gasteiger partial charge in [0.05, 0.1) is 19.6 Å². The molecule has 4 heteroatoms. The van der Waals surface area contributed by atoms with Crippen LogP contribution in [0.4, 0.5) is 0 Å². The molecular weight excluding hydrogens is 160 g/mol. The SMILES string of the molecule is CC(=O)C[C@@]1(C)OC[C@@H](CO)O1. The molecule has 1 aliphatic rings. The largest absolute Gasteiger partial charge is 0.394 e. The number of ketones is 1. The molecule has 12 heavy (non-hydrogen) atoms. The highest BCUT2D eigenvalue weighted by atomic mass is 16.7. The predicted octanol–water partition coefficient (Wildman–Crippen LogP) is 0.0894. The third-order valence-electron chi connectivity index (χ3n) is 1.76. The summed E-state index contributed by atoms with van der Waals surface area (Å²) < 4.78 is 10.6. The Balaban J connectivity index is 2.46. The molecule has 1 rings (SSSR count). The molecule has 4 nitrogen and oxygen atoms in total. The van der Waals surface area contributed by atoms with Crippen molar-refractivity contribution in [2.75, 3.05) is 13.2 Å². The van der Waals surface area contributed by atoms with Gasteiger partial charge in [0, 0.05) is 0 Å². The number of aliphatic hydroxyl groups excluding tert-OH is 1. The first kappa shape index (κ1) is 9.64. The minimum Gasteiger partial charge on any atom is -0.394 e. The van der Waals surface area contributed by atoms with Crippen LogP contribution in [0.2, 0.25) is 0 Å². The Hall–Kier alpha value is -0.450. The molecule has 0 saturated carbocycles. The number of ether oxygens (including phenoxy) is 2. The maximum absolute atomic E-state index is 10.8. The summed E-state index contributed by atoms with van der Waals surface area (Å²) in [5.74, 6) is -0.796. The van der Waals surface area contributed by atoms with E-state index in [-0.39, 0.29) is 24.9 Å². The number of hydrogen-bond acceptors (Lipinski definition) is 4. The smallest absolute Gasteiger partial charge is 0.173 e. The third-order valence-corrected chi connectivity index (χ3v) is 1.76. The van der Waals surface area contributed by atoms with Crippen LogP contribution in [-0.2, 0) is 14.3 Å². The summed E-state index contributed by atoms with van der Waals surface area (Å²) in [5.41, 5.74) is 0. The van der Waals surface area contributed by atoms with E-state index in [1.165, 1.54) is 6.92 Å². The van der Waals surface area contributed by atoms with Crippen molar-refractivity contribution in [2.45, 2.75) is 32.2 Å². The number of carbonyl (C=O) groups is 1. The Morgan fingerprint density at radius 3 is 2.83 bits per heavy atom. The van der Waals surface area contributed by atoms with Gasteiger partial charge < -0.3 is 14.6 Å². The monoisotopic (exact) mass is 174 g/mol. The fourth-order valence-electron chi connectivity index (χ4n) is 1.32. The Bertz CT molecular complexity index is 180. The van der Waals surface area contributed by atoms with Crippen LogP contribution in [0, 0.1) is 0 Å². The Morgan fingerprint density at radius 1 is 1.75 bits per heavy atom. The van der Waals surface area contributed by atoms with Gasteiger partial charge in [-0.3, -0.25) is 4.79 Å². The van der Waals surface area contributed by atoms with Gasteiger partial charge in [0.15, 0.2) is 5.79 Å². The van der Waals surface area contributed by atoms with Gasteiger partial charge in [-0.2, -0.15) is 0 Å². The van der Waals surface area contributed by atoms with Crippen molar-refractivity contribution in [1.82, 2.24) is 0 Å². The van der Waals surface area contributed by atoms with E-state index < -0.39 is 5.79 Å². The van der Waals surface area contributed by atoms with Gasteiger partial charge in [-0.15, -0.1) is 0 Å². The molecule has 0 aromatic carbocycles. The van der Waals surface area contributed by atoms with Crippen LogP contribution in [0.3, 0.4) is 0 Å². The number of carbonyl (C=O) groups excluding carboxylic acids is 1. The van der Waals surface area contributed by atoms with E-state index >= 15 is 0 Å². The minimum absolute atomic E-state index is 0.0242. The van der Waals surface area contributed by atoms with Crippen LogP contribution in [0.25, 0.3) is 0 Å². The molecule has 70 valence electrons. The summed E-state index contributed by atoms with van der Waals surface area (Å²) in [6.07, 6.45) is -0.0434. The first-order chi connectivity index (χ1) is 5.56. The molecule has 0 aromatic rings. The van der Waals surface area contributed by atoms with Crippen molar-refractivity contribution >= 4 is 5.78 Å². The molecule has 0 radical (unpaired) electrons. The highest BCUT2D eigenvalue weighted by Crippen LogP contribution is 2.26. The predicted molar refractivity (Wildman–Crippen MR) is 41.6 cm³/mol. The quantitative estimate of drug-likeness (QED) is 0.658. The van der Waals surface area contributed by atoms with Gasteiger partial charge in [-0.1, -0.05) is 0 Å². The van der Waals surface area contributed by atoms with Crippen molar-refractivity contribution in [3.63, 3.8) is 0 Å². The van der Waals surface area contributed by atoms with Crippen molar-refractivity contribution in [3.05, 3.63) is 0 Å². The van der Waals surface area contributed by atoms with E-state index in [0.29, 0.717) is 6.61 Å². The van der Waals surface area contributed by atoms with E-state index in [4.69, 9.17) is 14.6 Å². The molecule has 1 saturated heterocycles. The minimum atomic E-state index is -0.820. The molecule has 2 atom stereocenters. The van der Waals surface area contributed by atoms with Crippen LogP contribution < -0.4 is 0 Å². The lowest BCUT2D eigenvalue weighted by atomic mass is 10.2. The van der Waals surface area contributed by atoms with Crippen molar-refractivity contribution < 1.29 is 19.4 Å². The standard InChI is InChI=1S/C8H14O4/c1-6(10)3-8(2)11-5-7(4-9)12-8/h7,9H,3-5H2,1-2H3/t7-,8+/m1/s1. The molecule has 0 unspecified atom stereocenters. The lowest BCUT2D eigenvalue weighted by Crippen LogP contribution is -2.29. The molecular formula is C8H14O4. The number of hydrogen-bond donors (Lipinski definition) is 1. The maximum Gasteiger partial charge on any atom is 0.173 e. The van der Waals surface area contributed by atoms with Crippen LogP contribution >= 0.6 is 0 Å². The van der Waals surface area contributed by atoms with E-state index in [9.17, 15) is 4.79 Å². The zero-order valence-electron chi connectivity index (χ0n) is 7.37. The summed E-state index contributed by atoms with van der Waals surface area (Å²) in [5, 5.41) is 8.74. The van der Waals surface area contributed by atoms with E-state index in [0.717, 1.165) is 0 Å². The highest BCUT2D eigenvalue weighted by Gasteiger charge is 2.37. The van der Waals surface area contributed by atoms with Gasteiger partial charge in [0.1, 0.15) is 11.9 Å². The zero-order chi connectivity index (χ0) is 9.19. The number of rotatable bonds is 3. The zero-order valence-corrected chi connectivity index (χ0v) is 7.37. The van der Waals surface area contributed by atoms with E-state index in [1.807, 2.05) is 0 Å². The van der Waals surface area contributed by atoms with Crippen LogP contribution in [-0.4, -0.2) is 36.0 Å². The van der Waals surface area contributed by atoms with Gasteiger partial charge in [0.25, 0.3) is 0 Å². The van der Waals surface area contributed by atoms with E-state index in [1.54, 1.807) is 6.92 Å². The average molecular weight is 174 g/mol. The molecule has 0 bridgehead atoms. The summed E-state index contributed by atoms with van der Waals surface area (Å²) in [6.45, 7) is 3.50. The first-order valence-electron chi connectivity index (χ1n) is 3.98. The van der Waals surface area contributed by atoms with Gasteiger partial charge in [-0.05, 0) is 13.8 Å². The Labute approximate surface area is 71.5 Å². The lowest BCUT2D eigenvalue weighted by molar-refractivity contribution is -0.167. The molecule has 0 spiro atoms. The summed E-state index contributed by atoms with van der Waals surface area (Å²) in [7, 11) is 0. The second-order valence-corrected chi connectivity index (χ2v) is 3.25. The average Bonchev–Trinajstić information content (AvgIpc) is 2.30. The van der Waals surface area contributed by atoms with Crippen molar-refractivity contribution in [1.29, 1.82) is 0 Å². The highest BCUT2D eigenvalue weighted by molar-refractivity contribution is 5.76. The second kappa shape index (κ2) is 3.51. The van der Waals surface area contributed by atoms with Gasteiger partial charge in [-0.25, -0.2) is 0 Å². The van der Waals surface area contributed by atoms with Gasteiger partial charge >= 0.3 is 0 Å². The maximum atomic E-state index is 10.8. The number of Topliss-reactive ketones (excluding diaryl/α,β-unsaturated/α-hetero) is 1. The fraction of sp³-hybridized carbons (Fsp3) is 0.875. The summed E-state index contributed by atoms with van der Waals surface area (Å²) >= 11 is 0. The molecule has 0 aromatic heterocycles. The summed E-state index contributed by atoms with van der Waals surface area (Å²) in [4.78, 5) is 10.8. The molecule has 1 aliphatic heterocycles. The topological polar surface area (TPSA) is 55.8 Å². The molecule has 0 aliphatic carbocycles. The van der Waals surface area contributed by atoms with Crippen molar-refractivity contribution in [3.8, 4) is 0 Å². The normalized spacial score (nSPS) is 35.4. The van der Waals surface area contributed by atoms with E-state index in [2.05, 4.69) is 0 Å². The Morgan fingerprint density at radius 2 is 2.42 bits per heavy atom. The van der Waals surface area contributed by atoms with Crippen LogP contribution in [0.5, 0.6) is 0 Å². The third kappa shape index (κ3) is 2.27. The molecule has 1 fully saturated rings. The first-order valence-corrected chi connectivity index (χ1v) is 3.98. The van der Waals surface area contributed by atoms with Gasteiger partial charge in [0.2, 0.25) is 0 Å². The second-order valence-electron chi connectivity index (χ2n) is 3.25. The fourth-order valence-corrected chi connectivity index (χ4v) is 1.32. The van der Waals surface area contributed by atoms with Crippen molar-refractivity contribution in [2.24, 2.45) is 0 Å². The summed E-state index contributed by atoms with van der Waals surface area (Å²) in [6, 6.07) is 0.